The van der Waals surface area contributed by atoms with E-state index in [-0.39, 0.29) is 29.1 Å². The highest BCUT2D eigenvalue weighted by atomic mass is 32.1. The van der Waals surface area contributed by atoms with Crippen LogP contribution in [-0.2, 0) is 0 Å². The zero-order chi connectivity index (χ0) is 23.3. The number of fused-ring (bicyclic) bond motifs is 1. The molecule has 0 radical (unpaired) electrons. The summed E-state index contributed by atoms with van der Waals surface area (Å²) in [5, 5.41) is 7.26. The van der Waals surface area contributed by atoms with Crippen molar-refractivity contribution in [3.8, 4) is 11.1 Å². The standard InChI is InChI=1S/C20H16F5N7S/c1-10-26-19(33-30-10)31-8-6-14(20(24,25)9-31)27-18-28-17-12(3-2-7-32(17)29-18)11-4-5-13(21)16(23)15(11)22/h2-5,7,14H,6,8-9H2,1H3,(H,27,29)/t14-/m0/s1. The average molecular weight is 481 g/mol. The number of hydrogen-bond donors (Lipinski definition) is 1. The van der Waals surface area contributed by atoms with Gasteiger partial charge in [0.15, 0.2) is 23.1 Å². The van der Waals surface area contributed by atoms with Crippen molar-refractivity contribution in [1.82, 2.24) is 24.0 Å². The van der Waals surface area contributed by atoms with Crippen LogP contribution in [0.3, 0.4) is 0 Å². The number of benzene rings is 1. The molecule has 3 aromatic heterocycles. The molecule has 33 heavy (non-hydrogen) atoms. The zero-order valence-corrected chi connectivity index (χ0v) is 17.9. The van der Waals surface area contributed by atoms with Gasteiger partial charge in [0, 0.05) is 35.4 Å². The molecule has 5 rings (SSSR count). The van der Waals surface area contributed by atoms with Crippen LogP contribution in [0.1, 0.15) is 12.2 Å². The second-order valence-corrected chi connectivity index (χ2v) is 8.37. The van der Waals surface area contributed by atoms with E-state index in [0.717, 1.165) is 23.7 Å². The minimum absolute atomic E-state index is 0.0877. The van der Waals surface area contributed by atoms with Gasteiger partial charge in [0.05, 0.1) is 12.6 Å². The normalized spacial score (nSPS) is 18.1. The Balaban J connectivity index is 1.41. The van der Waals surface area contributed by atoms with Gasteiger partial charge in [-0.3, -0.25) is 0 Å². The van der Waals surface area contributed by atoms with Crippen molar-refractivity contribution in [2.45, 2.75) is 25.3 Å². The third kappa shape index (κ3) is 3.86. The van der Waals surface area contributed by atoms with E-state index in [1.165, 1.54) is 27.7 Å². The van der Waals surface area contributed by atoms with Crippen LogP contribution < -0.4 is 10.2 Å². The predicted molar refractivity (Wildman–Crippen MR) is 112 cm³/mol. The van der Waals surface area contributed by atoms with Crippen LogP contribution in [0, 0.1) is 24.4 Å². The lowest BCUT2D eigenvalue weighted by Gasteiger charge is -2.38. The number of halogens is 5. The monoisotopic (exact) mass is 481 g/mol. The van der Waals surface area contributed by atoms with E-state index >= 15 is 0 Å². The molecule has 0 aliphatic carbocycles. The van der Waals surface area contributed by atoms with Crippen LogP contribution in [0.15, 0.2) is 30.5 Å². The molecule has 0 saturated carbocycles. The third-order valence-electron chi connectivity index (χ3n) is 5.38. The van der Waals surface area contributed by atoms with Gasteiger partial charge in [0.1, 0.15) is 5.82 Å². The first-order chi connectivity index (χ1) is 15.7. The first-order valence-corrected chi connectivity index (χ1v) is 10.7. The summed E-state index contributed by atoms with van der Waals surface area (Å²) < 4.78 is 76.5. The predicted octanol–water partition coefficient (Wildman–Crippen LogP) is 4.30. The van der Waals surface area contributed by atoms with Crippen LogP contribution >= 0.6 is 11.5 Å². The molecule has 4 aromatic rings. The molecule has 1 saturated heterocycles. The van der Waals surface area contributed by atoms with E-state index in [4.69, 9.17) is 0 Å². The Kier molecular flexibility index (Phi) is 5.15. The Hall–Kier alpha value is -3.35. The fourth-order valence-corrected chi connectivity index (χ4v) is 4.46. The highest BCUT2D eigenvalue weighted by Crippen LogP contribution is 2.34. The van der Waals surface area contributed by atoms with E-state index in [9.17, 15) is 22.0 Å². The summed E-state index contributed by atoms with van der Waals surface area (Å²) in [6.07, 6.45) is 1.58. The van der Waals surface area contributed by atoms with E-state index in [1.54, 1.807) is 6.92 Å². The highest BCUT2D eigenvalue weighted by molar-refractivity contribution is 7.09. The quantitative estimate of drug-likeness (QED) is 0.346. The zero-order valence-electron chi connectivity index (χ0n) is 17.1. The van der Waals surface area contributed by atoms with Crippen molar-refractivity contribution in [2.24, 2.45) is 0 Å². The van der Waals surface area contributed by atoms with Crippen LogP contribution in [0.5, 0.6) is 0 Å². The Bertz CT molecular complexity index is 1340. The first kappa shape index (κ1) is 21.5. The number of nitrogens with zero attached hydrogens (tertiary/aromatic N) is 6. The van der Waals surface area contributed by atoms with E-state index in [1.807, 2.05) is 0 Å². The number of aryl methyl sites for hydroxylation is 1. The molecule has 1 fully saturated rings. The smallest absolute Gasteiger partial charge is 0.285 e. The number of rotatable bonds is 4. The molecule has 4 heterocycles. The summed E-state index contributed by atoms with van der Waals surface area (Å²) >= 11 is 1.07. The SMILES string of the molecule is Cc1nsc(N2CC[C@H](Nc3nc4c(-c5ccc(F)c(F)c5F)cccn4n3)C(F)(F)C2)n1. The number of alkyl halides is 2. The Morgan fingerprint density at radius 1 is 1.09 bits per heavy atom. The lowest BCUT2D eigenvalue weighted by molar-refractivity contribution is -0.0234. The Morgan fingerprint density at radius 3 is 2.64 bits per heavy atom. The van der Waals surface area contributed by atoms with Crippen LogP contribution in [0.2, 0.25) is 0 Å². The fourth-order valence-electron chi connectivity index (χ4n) is 3.76. The summed E-state index contributed by atoms with van der Waals surface area (Å²) in [4.78, 5) is 9.87. The van der Waals surface area contributed by atoms with E-state index in [0.29, 0.717) is 17.5 Å². The molecular weight excluding hydrogens is 465 g/mol. The molecule has 172 valence electrons. The fraction of sp³-hybridized carbons (Fsp3) is 0.300. The summed E-state index contributed by atoms with van der Waals surface area (Å²) in [5.74, 6) is -6.97. The Labute approximate surface area is 188 Å². The van der Waals surface area contributed by atoms with Gasteiger partial charge in [-0.05, 0) is 37.6 Å². The second kappa shape index (κ2) is 7.90. The van der Waals surface area contributed by atoms with Gasteiger partial charge in [-0.25, -0.2) is 31.5 Å². The van der Waals surface area contributed by atoms with Gasteiger partial charge in [-0.1, -0.05) is 0 Å². The molecule has 7 nitrogen and oxygen atoms in total. The molecule has 1 aliphatic rings. The molecule has 0 spiro atoms. The number of pyridine rings is 1. The molecule has 0 unspecified atom stereocenters. The topological polar surface area (TPSA) is 71.2 Å². The number of nitrogens with one attached hydrogen (secondary N) is 1. The summed E-state index contributed by atoms with van der Waals surface area (Å²) in [5.41, 5.74) is 0.0297. The van der Waals surface area contributed by atoms with Crippen LogP contribution in [0.25, 0.3) is 16.8 Å². The molecule has 1 N–H and O–H groups in total. The van der Waals surface area contributed by atoms with Gasteiger partial charge in [-0.2, -0.15) is 9.36 Å². The van der Waals surface area contributed by atoms with Crippen molar-refractivity contribution in [2.75, 3.05) is 23.3 Å². The summed E-state index contributed by atoms with van der Waals surface area (Å²) in [7, 11) is 0. The van der Waals surface area contributed by atoms with Crippen LogP contribution in [0.4, 0.5) is 33.0 Å². The van der Waals surface area contributed by atoms with Crippen molar-refractivity contribution < 1.29 is 22.0 Å². The third-order valence-corrected chi connectivity index (χ3v) is 6.25. The van der Waals surface area contributed by atoms with Gasteiger partial charge >= 0.3 is 0 Å². The van der Waals surface area contributed by atoms with Crippen LogP contribution in [-0.4, -0.2) is 49.0 Å². The molecule has 0 amide bonds. The lowest BCUT2D eigenvalue weighted by Crippen LogP contribution is -2.54. The number of piperidine rings is 1. The average Bonchev–Trinajstić information content (AvgIpc) is 3.39. The van der Waals surface area contributed by atoms with Crippen molar-refractivity contribution in [3.63, 3.8) is 0 Å². The first-order valence-electron chi connectivity index (χ1n) is 9.92. The highest BCUT2D eigenvalue weighted by Gasteiger charge is 2.46. The maximum Gasteiger partial charge on any atom is 0.285 e. The van der Waals surface area contributed by atoms with Gasteiger partial charge in [-0.15, -0.1) is 5.10 Å². The van der Waals surface area contributed by atoms with Crippen molar-refractivity contribution in [1.29, 1.82) is 0 Å². The van der Waals surface area contributed by atoms with E-state index in [2.05, 4.69) is 24.8 Å². The van der Waals surface area contributed by atoms with Crippen molar-refractivity contribution >= 4 is 28.3 Å². The molecule has 1 aliphatic heterocycles. The van der Waals surface area contributed by atoms with Gasteiger partial charge in [0.25, 0.3) is 5.92 Å². The summed E-state index contributed by atoms with van der Waals surface area (Å²) in [6.45, 7) is 1.49. The maximum absolute atomic E-state index is 14.9. The van der Waals surface area contributed by atoms with E-state index < -0.39 is 36.0 Å². The molecule has 0 bridgehead atoms. The molecule has 1 aromatic carbocycles. The molecular formula is C20H16F5N7S. The number of hydrogen-bond acceptors (Lipinski definition) is 7. The summed E-state index contributed by atoms with van der Waals surface area (Å²) in [6, 6.07) is 3.62. The second-order valence-electron chi connectivity index (χ2n) is 7.64. The van der Waals surface area contributed by atoms with Gasteiger partial charge < -0.3 is 10.2 Å². The molecule has 13 heteroatoms. The number of anilines is 2. The Morgan fingerprint density at radius 2 is 1.91 bits per heavy atom. The minimum Gasteiger partial charge on any atom is -0.344 e. The minimum atomic E-state index is -3.12. The largest absolute Gasteiger partial charge is 0.344 e. The van der Waals surface area contributed by atoms with Gasteiger partial charge in [0.2, 0.25) is 11.1 Å². The molecule has 1 atom stereocenters. The number of aromatic nitrogens is 5. The maximum atomic E-state index is 14.9. The lowest BCUT2D eigenvalue weighted by atomic mass is 10.0. The van der Waals surface area contributed by atoms with Crippen molar-refractivity contribution in [3.05, 3.63) is 53.7 Å².